The van der Waals surface area contributed by atoms with Crippen LogP contribution in [0, 0.1) is 21.7 Å². The van der Waals surface area contributed by atoms with Crippen molar-refractivity contribution in [2.75, 3.05) is 6.61 Å². The van der Waals surface area contributed by atoms with E-state index >= 15 is 0 Å². The van der Waals surface area contributed by atoms with Gasteiger partial charge in [0.15, 0.2) is 6.61 Å². The molecule has 0 fully saturated rings. The fourth-order valence-electron chi connectivity index (χ4n) is 1.67. The Balaban J connectivity index is 2.11. The Hall–Kier alpha value is -2.83. The molecule has 0 amide bonds. The van der Waals surface area contributed by atoms with Crippen LogP contribution in [0.25, 0.3) is 0 Å². The largest absolute Gasteiger partial charge is 0.485 e. The van der Waals surface area contributed by atoms with E-state index in [4.69, 9.17) is 4.74 Å². The van der Waals surface area contributed by atoms with Crippen molar-refractivity contribution >= 4 is 11.5 Å². The molecule has 2 rings (SSSR count). The predicted octanol–water partition coefficient (Wildman–Crippen LogP) is 3.13. The van der Waals surface area contributed by atoms with Gasteiger partial charge >= 0.3 is 0 Å². The summed E-state index contributed by atoms with van der Waals surface area (Å²) in [5.74, 6) is -2.79. The van der Waals surface area contributed by atoms with Crippen LogP contribution >= 0.6 is 0 Å². The highest BCUT2D eigenvalue weighted by Gasteiger charge is 2.17. The van der Waals surface area contributed by atoms with Crippen molar-refractivity contribution in [1.29, 1.82) is 0 Å². The van der Waals surface area contributed by atoms with Crippen LogP contribution in [0.1, 0.15) is 10.4 Å². The number of carbonyl (C=O) groups excluding carboxylic acids is 1. The summed E-state index contributed by atoms with van der Waals surface area (Å²) < 4.78 is 31.8. The molecular weight excluding hydrogens is 284 g/mol. The van der Waals surface area contributed by atoms with Gasteiger partial charge in [0.2, 0.25) is 5.78 Å². The summed E-state index contributed by atoms with van der Waals surface area (Å²) in [6.07, 6.45) is 0. The van der Waals surface area contributed by atoms with E-state index in [2.05, 4.69) is 0 Å². The molecule has 5 nitrogen and oxygen atoms in total. The zero-order valence-corrected chi connectivity index (χ0v) is 10.6. The fraction of sp³-hybridized carbons (Fsp3) is 0.0714. The van der Waals surface area contributed by atoms with E-state index in [9.17, 15) is 23.7 Å². The molecule has 2 aromatic carbocycles. The lowest BCUT2D eigenvalue weighted by atomic mass is 10.1. The summed E-state index contributed by atoms with van der Waals surface area (Å²) in [5.41, 5.74) is -0.903. The summed E-state index contributed by atoms with van der Waals surface area (Å²) in [6, 6.07) is 8.21. The van der Waals surface area contributed by atoms with Gasteiger partial charge in [-0.25, -0.2) is 8.78 Å². The number of Topliss-reactive ketones (excluding diaryl/α,β-unsaturated/α-hetero) is 1. The van der Waals surface area contributed by atoms with E-state index in [-0.39, 0.29) is 11.4 Å². The van der Waals surface area contributed by atoms with Crippen LogP contribution in [0.15, 0.2) is 42.5 Å². The van der Waals surface area contributed by atoms with E-state index in [0.29, 0.717) is 0 Å². The summed E-state index contributed by atoms with van der Waals surface area (Å²) in [4.78, 5) is 21.7. The second-order valence-electron chi connectivity index (χ2n) is 4.06. The minimum Gasteiger partial charge on any atom is -0.485 e. The number of rotatable bonds is 5. The molecule has 7 heteroatoms. The second-order valence-corrected chi connectivity index (χ2v) is 4.06. The summed E-state index contributed by atoms with van der Waals surface area (Å²) in [7, 11) is 0. The highest BCUT2D eigenvalue weighted by atomic mass is 19.1. The molecule has 0 aliphatic rings. The Bertz CT molecular complexity index is 683. The van der Waals surface area contributed by atoms with Crippen molar-refractivity contribution in [1.82, 2.24) is 0 Å². The molecular formula is C14H9F2NO4. The van der Waals surface area contributed by atoms with E-state index in [1.807, 2.05) is 0 Å². The molecule has 0 radical (unpaired) electrons. The van der Waals surface area contributed by atoms with Gasteiger partial charge in [0.1, 0.15) is 17.4 Å². The Labute approximate surface area is 117 Å². The van der Waals surface area contributed by atoms with Crippen LogP contribution in [0.2, 0.25) is 0 Å². The number of hydrogen-bond acceptors (Lipinski definition) is 4. The molecule has 0 atom stereocenters. The van der Waals surface area contributed by atoms with Gasteiger partial charge in [-0.1, -0.05) is 12.1 Å². The van der Waals surface area contributed by atoms with Crippen molar-refractivity contribution in [3.05, 3.63) is 69.8 Å². The smallest absolute Gasteiger partial charge is 0.273 e. The van der Waals surface area contributed by atoms with Gasteiger partial charge in [-0.3, -0.25) is 14.9 Å². The number of non-ortho nitro benzene ring substituents is 1. The lowest BCUT2D eigenvalue weighted by Gasteiger charge is -2.06. The van der Waals surface area contributed by atoms with Crippen molar-refractivity contribution in [3.63, 3.8) is 0 Å². The third kappa shape index (κ3) is 3.38. The first kappa shape index (κ1) is 14.6. The molecule has 21 heavy (non-hydrogen) atoms. The fourth-order valence-corrected chi connectivity index (χ4v) is 1.67. The summed E-state index contributed by atoms with van der Waals surface area (Å²) in [6.45, 7) is -0.626. The summed E-state index contributed by atoms with van der Waals surface area (Å²) in [5, 5.41) is 10.6. The molecule has 0 aromatic heterocycles. The average molecular weight is 293 g/mol. The number of halogens is 2. The van der Waals surface area contributed by atoms with E-state index < -0.39 is 34.5 Å². The topological polar surface area (TPSA) is 69.4 Å². The molecule has 0 saturated heterocycles. The normalized spacial score (nSPS) is 10.2. The van der Waals surface area contributed by atoms with Crippen molar-refractivity contribution in [2.24, 2.45) is 0 Å². The quantitative estimate of drug-likeness (QED) is 0.482. The molecule has 2 aromatic rings. The van der Waals surface area contributed by atoms with Gasteiger partial charge in [-0.15, -0.1) is 0 Å². The lowest BCUT2D eigenvalue weighted by Crippen LogP contribution is -2.15. The predicted molar refractivity (Wildman–Crippen MR) is 69.3 cm³/mol. The summed E-state index contributed by atoms with van der Waals surface area (Å²) >= 11 is 0. The molecule has 0 aliphatic carbocycles. The molecule has 0 unspecified atom stereocenters. The van der Waals surface area contributed by atoms with Gasteiger partial charge in [0, 0.05) is 6.07 Å². The number of nitro benzene ring substituents is 1. The van der Waals surface area contributed by atoms with Crippen LogP contribution in [-0.2, 0) is 0 Å². The number of ketones is 1. The van der Waals surface area contributed by atoms with Gasteiger partial charge in [0.05, 0.1) is 16.6 Å². The van der Waals surface area contributed by atoms with Crippen molar-refractivity contribution < 1.29 is 23.2 Å². The second kappa shape index (κ2) is 6.08. The first-order valence-electron chi connectivity index (χ1n) is 5.83. The van der Waals surface area contributed by atoms with Gasteiger partial charge in [-0.2, -0.15) is 0 Å². The molecule has 0 saturated carbocycles. The maximum Gasteiger partial charge on any atom is 0.273 e. The minimum atomic E-state index is -0.984. The SMILES string of the molecule is O=C(COc1cccc([N+](=O)[O-])c1)c1c(F)cccc1F. The molecule has 0 bridgehead atoms. The Morgan fingerprint density at radius 3 is 2.38 bits per heavy atom. The highest BCUT2D eigenvalue weighted by Crippen LogP contribution is 2.20. The molecule has 0 N–H and O–H groups in total. The van der Waals surface area contributed by atoms with Gasteiger partial charge in [0.25, 0.3) is 5.69 Å². The van der Waals surface area contributed by atoms with Crippen LogP contribution in [0.4, 0.5) is 14.5 Å². The third-order valence-electron chi connectivity index (χ3n) is 2.64. The van der Waals surface area contributed by atoms with Crippen molar-refractivity contribution in [2.45, 2.75) is 0 Å². The number of carbonyl (C=O) groups is 1. The van der Waals surface area contributed by atoms with Crippen LogP contribution in [0.5, 0.6) is 5.75 Å². The monoisotopic (exact) mass is 293 g/mol. The van der Waals surface area contributed by atoms with Gasteiger partial charge in [-0.05, 0) is 18.2 Å². The maximum atomic E-state index is 13.4. The Kier molecular flexibility index (Phi) is 4.22. The number of nitro groups is 1. The van der Waals surface area contributed by atoms with E-state index in [0.717, 1.165) is 24.3 Å². The van der Waals surface area contributed by atoms with Crippen LogP contribution in [-0.4, -0.2) is 17.3 Å². The number of ether oxygens (including phenoxy) is 1. The Morgan fingerprint density at radius 2 is 1.76 bits per heavy atom. The molecule has 0 heterocycles. The molecule has 108 valence electrons. The number of nitrogens with zero attached hydrogens (tertiary/aromatic N) is 1. The lowest BCUT2D eigenvalue weighted by molar-refractivity contribution is -0.384. The van der Waals surface area contributed by atoms with Crippen LogP contribution < -0.4 is 4.74 Å². The first-order chi connectivity index (χ1) is 9.99. The van der Waals surface area contributed by atoms with E-state index in [1.165, 1.54) is 18.2 Å². The zero-order valence-electron chi connectivity index (χ0n) is 10.6. The van der Waals surface area contributed by atoms with Gasteiger partial charge < -0.3 is 4.74 Å². The molecule has 0 aliphatic heterocycles. The average Bonchev–Trinajstić information content (AvgIpc) is 2.45. The third-order valence-corrected chi connectivity index (χ3v) is 2.64. The number of hydrogen-bond donors (Lipinski definition) is 0. The minimum absolute atomic E-state index is 0.0642. The zero-order chi connectivity index (χ0) is 15.4. The van der Waals surface area contributed by atoms with Crippen molar-refractivity contribution in [3.8, 4) is 5.75 Å². The highest BCUT2D eigenvalue weighted by molar-refractivity contribution is 5.97. The van der Waals surface area contributed by atoms with Crippen LogP contribution in [0.3, 0.4) is 0 Å². The number of benzene rings is 2. The Morgan fingerprint density at radius 1 is 1.14 bits per heavy atom. The molecule has 0 spiro atoms. The van der Waals surface area contributed by atoms with E-state index in [1.54, 1.807) is 0 Å². The maximum absolute atomic E-state index is 13.4. The standard InChI is InChI=1S/C14H9F2NO4/c15-11-5-2-6-12(16)14(11)13(18)8-21-10-4-1-3-9(7-10)17(19)20/h1-7H,8H2. The first-order valence-corrected chi connectivity index (χ1v) is 5.83.